The van der Waals surface area contributed by atoms with Crippen LogP contribution in [-0.2, 0) is 9.59 Å². The number of nitriles is 1. The van der Waals surface area contributed by atoms with E-state index in [0.717, 1.165) is 0 Å². The lowest BCUT2D eigenvalue weighted by Gasteiger charge is -2.31. The number of likely N-dealkylation sites (N-methyl/N-ethyl adjacent to an activating group) is 2. The minimum Gasteiger partial charge on any atom is -0.476 e. The second-order valence-corrected chi connectivity index (χ2v) is 6.90. The molecule has 1 aliphatic heterocycles. The van der Waals surface area contributed by atoms with Gasteiger partial charge in [0.15, 0.2) is 11.7 Å². The molecule has 2 amide bonds. The number of hydrogen-bond acceptors (Lipinski definition) is 5. The first-order valence-electron chi connectivity index (χ1n) is 6.58. The number of benzene rings is 1. The van der Waals surface area contributed by atoms with Crippen LogP contribution in [0.2, 0.25) is 0 Å². The Morgan fingerprint density at radius 3 is 2.17 bits per heavy atom. The molecule has 1 aliphatic rings. The number of carbonyl (C=O) groups is 2. The fraction of sp³-hybridized carbons (Fsp3) is 0.200. The molecule has 1 aromatic rings. The molecule has 0 N–H and O–H groups in total. The van der Waals surface area contributed by atoms with Gasteiger partial charge in [0.05, 0.1) is 8.95 Å². The van der Waals surface area contributed by atoms with Crippen LogP contribution in [0.3, 0.4) is 0 Å². The van der Waals surface area contributed by atoms with E-state index in [2.05, 4.69) is 31.9 Å². The van der Waals surface area contributed by atoms with E-state index in [1.165, 1.54) is 30.0 Å². The average molecular weight is 473 g/mol. The van der Waals surface area contributed by atoms with E-state index in [0.29, 0.717) is 20.3 Å². The van der Waals surface area contributed by atoms with E-state index in [1.807, 2.05) is 6.07 Å². The van der Waals surface area contributed by atoms with Gasteiger partial charge in [0.2, 0.25) is 0 Å². The van der Waals surface area contributed by atoms with Crippen LogP contribution >= 0.6 is 44.1 Å². The minimum atomic E-state index is -0.458. The third-order valence-electron chi connectivity index (χ3n) is 3.26. The number of hydrogen-bond donors (Lipinski definition) is 0. The Morgan fingerprint density at radius 2 is 1.71 bits per heavy atom. The maximum Gasteiger partial charge on any atom is 0.265 e. The molecule has 1 saturated heterocycles. The summed E-state index contributed by atoms with van der Waals surface area (Å²) in [6.45, 7) is -0.0956. The van der Waals surface area contributed by atoms with Crippen LogP contribution in [0.4, 0.5) is 0 Å². The van der Waals surface area contributed by atoms with Crippen LogP contribution in [0.15, 0.2) is 26.7 Å². The Morgan fingerprint density at radius 1 is 1.21 bits per heavy atom. The molecule has 6 nitrogen and oxygen atoms in total. The molecule has 0 atom stereocenters. The summed E-state index contributed by atoms with van der Waals surface area (Å²) in [5.74, 6) is -0.448. The van der Waals surface area contributed by atoms with Gasteiger partial charge in [-0.2, -0.15) is 5.26 Å². The monoisotopic (exact) mass is 471 g/mol. The Hall–Kier alpha value is -1.76. The Balaban J connectivity index is 2.44. The van der Waals surface area contributed by atoms with Crippen molar-refractivity contribution in [1.29, 1.82) is 5.26 Å². The molecule has 0 aliphatic carbocycles. The lowest BCUT2D eigenvalue weighted by Crippen LogP contribution is -2.52. The van der Waals surface area contributed by atoms with E-state index >= 15 is 0 Å². The minimum absolute atomic E-state index is 0.0121. The molecule has 0 aromatic heterocycles. The van der Waals surface area contributed by atoms with Crippen molar-refractivity contribution in [3.05, 3.63) is 32.2 Å². The van der Waals surface area contributed by atoms with E-state index in [4.69, 9.17) is 22.2 Å². The maximum atomic E-state index is 12.3. The molecule has 0 bridgehead atoms. The predicted molar refractivity (Wildman–Crippen MR) is 99.1 cm³/mol. The molecule has 124 valence electrons. The molecule has 9 heteroatoms. The SMILES string of the molecule is CN1C(=O)C(=Cc2cc(Br)c(OCC#N)c(Br)c2)C(=O)N(C)C1=S. The fourth-order valence-corrected chi connectivity index (χ4v) is 3.66. The molecule has 0 radical (unpaired) electrons. The smallest absolute Gasteiger partial charge is 0.265 e. The quantitative estimate of drug-likeness (QED) is 0.384. The number of amides is 2. The third-order valence-corrected chi connectivity index (χ3v) is 4.98. The van der Waals surface area contributed by atoms with Crippen molar-refractivity contribution in [1.82, 2.24) is 9.80 Å². The van der Waals surface area contributed by atoms with E-state index < -0.39 is 11.8 Å². The van der Waals surface area contributed by atoms with Crippen molar-refractivity contribution in [2.45, 2.75) is 0 Å². The number of rotatable bonds is 3. The van der Waals surface area contributed by atoms with Crippen molar-refractivity contribution >= 4 is 67.1 Å². The summed E-state index contributed by atoms with van der Waals surface area (Å²) in [5.41, 5.74) is 0.627. The highest BCUT2D eigenvalue weighted by Gasteiger charge is 2.35. The van der Waals surface area contributed by atoms with Gasteiger partial charge in [0.1, 0.15) is 17.4 Å². The molecule has 1 aromatic carbocycles. The first-order chi connectivity index (χ1) is 11.3. The van der Waals surface area contributed by atoms with Gasteiger partial charge in [-0.1, -0.05) is 0 Å². The van der Waals surface area contributed by atoms with Crippen molar-refractivity contribution in [2.75, 3.05) is 20.7 Å². The van der Waals surface area contributed by atoms with Crippen LogP contribution in [-0.4, -0.2) is 47.4 Å². The Kier molecular flexibility index (Phi) is 5.74. The zero-order chi connectivity index (χ0) is 18.0. The van der Waals surface area contributed by atoms with Gasteiger partial charge in [-0.3, -0.25) is 19.4 Å². The number of nitrogens with zero attached hydrogens (tertiary/aromatic N) is 3. The van der Waals surface area contributed by atoms with E-state index in [9.17, 15) is 9.59 Å². The molecule has 1 fully saturated rings. The number of thiocarbonyl (C=S) groups is 1. The fourth-order valence-electron chi connectivity index (χ4n) is 2.05. The average Bonchev–Trinajstić information content (AvgIpc) is 2.54. The molecular formula is C15H11Br2N3O3S. The first-order valence-corrected chi connectivity index (χ1v) is 8.58. The lowest BCUT2D eigenvalue weighted by molar-refractivity contribution is -0.132. The molecule has 24 heavy (non-hydrogen) atoms. The highest BCUT2D eigenvalue weighted by atomic mass is 79.9. The largest absolute Gasteiger partial charge is 0.476 e. The van der Waals surface area contributed by atoms with Crippen molar-refractivity contribution < 1.29 is 14.3 Å². The maximum absolute atomic E-state index is 12.3. The van der Waals surface area contributed by atoms with Gasteiger partial charge in [-0.05, 0) is 67.8 Å². The number of carbonyl (C=O) groups excluding carboxylic acids is 2. The summed E-state index contributed by atoms with van der Waals surface area (Å²) in [5, 5.41) is 8.76. The van der Waals surface area contributed by atoms with E-state index in [-0.39, 0.29) is 17.3 Å². The molecule has 1 heterocycles. The summed E-state index contributed by atoms with van der Waals surface area (Å²) in [6, 6.07) is 5.27. The molecule has 0 spiro atoms. The summed E-state index contributed by atoms with van der Waals surface area (Å²) in [7, 11) is 3.04. The van der Waals surface area contributed by atoms with Gasteiger partial charge in [0, 0.05) is 14.1 Å². The summed E-state index contributed by atoms with van der Waals surface area (Å²) in [4.78, 5) is 27.1. The molecular weight excluding hydrogens is 462 g/mol. The van der Waals surface area contributed by atoms with Crippen molar-refractivity contribution in [3.8, 4) is 11.8 Å². The normalized spacial score (nSPS) is 14.8. The third kappa shape index (κ3) is 3.50. The van der Waals surface area contributed by atoms with Crippen LogP contribution in [0.5, 0.6) is 5.75 Å². The van der Waals surface area contributed by atoms with Crippen molar-refractivity contribution in [3.63, 3.8) is 0 Å². The number of halogens is 2. The predicted octanol–water partition coefficient (Wildman–Crippen LogP) is 2.71. The Labute approximate surface area is 160 Å². The van der Waals surface area contributed by atoms with Gasteiger partial charge < -0.3 is 4.74 Å². The van der Waals surface area contributed by atoms with Gasteiger partial charge >= 0.3 is 0 Å². The van der Waals surface area contributed by atoms with Gasteiger partial charge in [-0.25, -0.2) is 0 Å². The number of ether oxygens (including phenoxy) is 1. The van der Waals surface area contributed by atoms with Crippen LogP contribution in [0, 0.1) is 11.3 Å². The Bertz CT molecular complexity index is 768. The molecule has 0 unspecified atom stereocenters. The summed E-state index contributed by atoms with van der Waals surface area (Å²) in [6.07, 6.45) is 1.49. The molecule has 2 rings (SSSR count). The second kappa shape index (κ2) is 7.42. The summed E-state index contributed by atoms with van der Waals surface area (Å²) >= 11 is 11.7. The van der Waals surface area contributed by atoms with Crippen LogP contribution in [0.1, 0.15) is 5.56 Å². The van der Waals surface area contributed by atoms with Crippen molar-refractivity contribution in [2.24, 2.45) is 0 Å². The van der Waals surface area contributed by atoms with Crippen LogP contribution < -0.4 is 4.74 Å². The zero-order valence-electron chi connectivity index (χ0n) is 12.7. The first kappa shape index (κ1) is 18.6. The highest BCUT2D eigenvalue weighted by molar-refractivity contribution is 9.11. The highest BCUT2D eigenvalue weighted by Crippen LogP contribution is 2.35. The topological polar surface area (TPSA) is 73.6 Å². The standard InChI is InChI=1S/C15H11Br2N3O3S/c1-19-13(21)9(14(22)20(2)15(19)24)5-8-6-10(16)12(11(17)7-8)23-4-3-18/h5-7H,4H2,1-2H3. The zero-order valence-corrected chi connectivity index (χ0v) is 16.7. The van der Waals surface area contributed by atoms with E-state index in [1.54, 1.807) is 12.1 Å². The lowest BCUT2D eigenvalue weighted by atomic mass is 10.1. The van der Waals surface area contributed by atoms with Gasteiger partial charge in [-0.15, -0.1) is 0 Å². The van der Waals surface area contributed by atoms with Gasteiger partial charge in [0.25, 0.3) is 11.8 Å². The second-order valence-electron chi connectivity index (χ2n) is 4.83. The summed E-state index contributed by atoms with van der Waals surface area (Å²) < 4.78 is 6.49. The van der Waals surface area contributed by atoms with Crippen LogP contribution in [0.25, 0.3) is 6.08 Å². The molecule has 0 saturated carbocycles.